The summed E-state index contributed by atoms with van der Waals surface area (Å²) in [7, 11) is 3.30. The van der Waals surface area contributed by atoms with Crippen LogP contribution in [0, 0.1) is 0 Å². The normalized spacial score (nSPS) is 16.1. The van der Waals surface area contributed by atoms with Crippen molar-refractivity contribution in [3.8, 4) is 11.5 Å². The van der Waals surface area contributed by atoms with Gasteiger partial charge in [-0.2, -0.15) is 0 Å². The SMILES string of the molecule is CCNC(=NCC(=O)NC1CC1)N1CCc2cc(OC)c(OC)cc2C1.I. The molecule has 7 nitrogen and oxygen atoms in total. The molecular weight excluding hydrogens is 459 g/mol. The second-order valence-electron chi connectivity index (χ2n) is 6.66. The highest BCUT2D eigenvalue weighted by Gasteiger charge is 2.24. The fourth-order valence-corrected chi connectivity index (χ4v) is 3.14. The van der Waals surface area contributed by atoms with E-state index in [2.05, 4.69) is 26.6 Å². The lowest BCUT2D eigenvalue weighted by atomic mass is 9.99. The van der Waals surface area contributed by atoms with Crippen molar-refractivity contribution < 1.29 is 14.3 Å². The monoisotopic (exact) mass is 488 g/mol. The Kier molecular flexibility index (Phi) is 8.00. The lowest BCUT2D eigenvalue weighted by Gasteiger charge is -2.32. The number of ether oxygens (including phenoxy) is 2. The van der Waals surface area contributed by atoms with E-state index in [0.717, 1.165) is 56.4 Å². The zero-order valence-corrected chi connectivity index (χ0v) is 18.5. The molecule has 1 heterocycles. The van der Waals surface area contributed by atoms with Crippen LogP contribution in [0.2, 0.25) is 0 Å². The Morgan fingerprint density at radius 1 is 1.22 bits per heavy atom. The largest absolute Gasteiger partial charge is 0.493 e. The lowest BCUT2D eigenvalue weighted by molar-refractivity contribution is -0.119. The van der Waals surface area contributed by atoms with Gasteiger partial charge < -0.3 is 25.0 Å². The molecule has 0 saturated heterocycles. The van der Waals surface area contributed by atoms with Gasteiger partial charge in [0, 0.05) is 25.7 Å². The summed E-state index contributed by atoms with van der Waals surface area (Å²) in [5.74, 6) is 2.27. The first-order chi connectivity index (χ1) is 12.6. The topological polar surface area (TPSA) is 75.2 Å². The molecule has 1 fully saturated rings. The molecule has 3 rings (SSSR count). The first kappa shape index (κ1) is 21.6. The molecule has 1 saturated carbocycles. The van der Waals surface area contributed by atoms with E-state index < -0.39 is 0 Å². The molecule has 1 amide bonds. The van der Waals surface area contributed by atoms with Crippen LogP contribution < -0.4 is 20.1 Å². The fraction of sp³-hybridized carbons (Fsp3) is 0.579. The highest BCUT2D eigenvalue weighted by molar-refractivity contribution is 14.0. The molecule has 150 valence electrons. The van der Waals surface area contributed by atoms with Crippen molar-refractivity contribution in [2.24, 2.45) is 4.99 Å². The molecular formula is C19H29IN4O3. The number of aliphatic imine (C=N–C) groups is 1. The summed E-state index contributed by atoms with van der Waals surface area (Å²) in [5, 5.41) is 6.27. The van der Waals surface area contributed by atoms with Crippen LogP contribution in [-0.2, 0) is 17.8 Å². The molecule has 2 N–H and O–H groups in total. The molecule has 1 aliphatic heterocycles. The zero-order chi connectivity index (χ0) is 18.5. The van der Waals surface area contributed by atoms with Crippen molar-refractivity contribution >= 4 is 35.8 Å². The van der Waals surface area contributed by atoms with E-state index in [4.69, 9.17) is 9.47 Å². The minimum absolute atomic E-state index is 0. The molecule has 0 radical (unpaired) electrons. The molecule has 0 unspecified atom stereocenters. The summed E-state index contributed by atoms with van der Waals surface area (Å²) >= 11 is 0. The second-order valence-corrected chi connectivity index (χ2v) is 6.66. The second kappa shape index (κ2) is 10.0. The summed E-state index contributed by atoms with van der Waals surface area (Å²) in [6, 6.07) is 4.45. The highest BCUT2D eigenvalue weighted by atomic mass is 127. The van der Waals surface area contributed by atoms with Gasteiger partial charge in [-0.25, -0.2) is 4.99 Å². The predicted octanol–water partition coefficient (Wildman–Crippen LogP) is 1.92. The molecule has 8 heteroatoms. The van der Waals surface area contributed by atoms with E-state index in [9.17, 15) is 4.79 Å². The van der Waals surface area contributed by atoms with E-state index in [1.165, 1.54) is 11.1 Å². The third-order valence-electron chi connectivity index (χ3n) is 4.67. The van der Waals surface area contributed by atoms with Crippen LogP contribution in [0.5, 0.6) is 11.5 Å². The molecule has 0 aromatic heterocycles. The van der Waals surface area contributed by atoms with Gasteiger partial charge in [-0.1, -0.05) is 0 Å². The first-order valence-corrected chi connectivity index (χ1v) is 9.21. The van der Waals surface area contributed by atoms with Crippen LogP contribution in [0.1, 0.15) is 30.9 Å². The summed E-state index contributed by atoms with van der Waals surface area (Å²) in [4.78, 5) is 18.7. The maximum atomic E-state index is 11.9. The van der Waals surface area contributed by atoms with E-state index in [0.29, 0.717) is 6.04 Å². The number of carbonyl (C=O) groups is 1. The third kappa shape index (κ3) is 5.63. The van der Waals surface area contributed by atoms with Crippen LogP contribution >= 0.6 is 24.0 Å². The predicted molar refractivity (Wildman–Crippen MR) is 116 cm³/mol. The van der Waals surface area contributed by atoms with Gasteiger partial charge in [0.1, 0.15) is 6.54 Å². The molecule has 27 heavy (non-hydrogen) atoms. The number of halogens is 1. The summed E-state index contributed by atoms with van der Waals surface area (Å²) < 4.78 is 10.8. The van der Waals surface area contributed by atoms with Crippen LogP contribution in [0.25, 0.3) is 0 Å². The Labute approximate surface area is 177 Å². The Morgan fingerprint density at radius 3 is 2.48 bits per heavy atom. The maximum Gasteiger partial charge on any atom is 0.242 e. The van der Waals surface area contributed by atoms with Crippen LogP contribution in [0.4, 0.5) is 0 Å². The zero-order valence-electron chi connectivity index (χ0n) is 16.2. The molecule has 1 aromatic carbocycles. The molecule has 0 bridgehead atoms. The highest BCUT2D eigenvalue weighted by Crippen LogP contribution is 2.33. The molecule has 1 aliphatic carbocycles. The Morgan fingerprint density at radius 2 is 1.89 bits per heavy atom. The number of hydrogen-bond acceptors (Lipinski definition) is 4. The van der Waals surface area contributed by atoms with Gasteiger partial charge in [0.05, 0.1) is 14.2 Å². The summed E-state index contributed by atoms with van der Waals surface area (Å²) in [5.41, 5.74) is 2.46. The van der Waals surface area contributed by atoms with E-state index in [1.54, 1.807) is 14.2 Å². The Balaban J connectivity index is 0.00000261. The van der Waals surface area contributed by atoms with E-state index in [1.807, 2.05) is 13.0 Å². The van der Waals surface area contributed by atoms with Gasteiger partial charge in [0.2, 0.25) is 5.91 Å². The van der Waals surface area contributed by atoms with Crippen molar-refractivity contribution in [2.45, 2.75) is 38.8 Å². The average Bonchev–Trinajstić information content (AvgIpc) is 3.47. The number of carbonyl (C=O) groups excluding carboxylic acids is 1. The van der Waals surface area contributed by atoms with E-state index in [-0.39, 0.29) is 36.4 Å². The molecule has 1 aromatic rings. The Hall–Kier alpha value is -1.71. The van der Waals surface area contributed by atoms with Crippen LogP contribution in [0.15, 0.2) is 17.1 Å². The molecule has 2 aliphatic rings. The number of benzene rings is 1. The minimum atomic E-state index is -0.00767. The number of fused-ring (bicyclic) bond motifs is 1. The summed E-state index contributed by atoms with van der Waals surface area (Å²) in [6.45, 7) is 4.53. The first-order valence-electron chi connectivity index (χ1n) is 9.21. The van der Waals surface area contributed by atoms with Gasteiger partial charge >= 0.3 is 0 Å². The van der Waals surface area contributed by atoms with Crippen molar-refractivity contribution in [1.29, 1.82) is 0 Å². The standard InChI is InChI=1S/C19H28N4O3.HI/c1-4-20-19(21-11-18(24)22-15-5-6-15)23-8-7-13-9-16(25-2)17(26-3)10-14(13)12-23;/h9-10,15H,4-8,11-12H2,1-3H3,(H,20,21)(H,22,24);1H. The maximum absolute atomic E-state index is 11.9. The van der Waals surface area contributed by atoms with Gasteiger partial charge in [-0.15, -0.1) is 24.0 Å². The average molecular weight is 488 g/mol. The van der Waals surface area contributed by atoms with Crippen molar-refractivity contribution in [1.82, 2.24) is 15.5 Å². The van der Waals surface area contributed by atoms with Gasteiger partial charge in [-0.05, 0) is 49.4 Å². The van der Waals surface area contributed by atoms with Crippen molar-refractivity contribution in [3.05, 3.63) is 23.3 Å². The fourth-order valence-electron chi connectivity index (χ4n) is 3.14. The van der Waals surface area contributed by atoms with Gasteiger partial charge in [0.15, 0.2) is 17.5 Å². The van der Waals surface area contributed by atoms with Crippen molar-refractivity contribution in [3.63, 3.8) is 0 Å². The smallest absolute Gasteiger partial charge is 0.242 e. The van der Waals surface area contributed by atoms with Gasteiger partial charge in [-0.3, -0.25) is 4.79 Å². The Bertz CT molecular complexity index is 692. The van der Waals surface area contributed by atoms with Crippen LogP contribution in [0.3, 0.4) is 0 Å². The number of rotatable bonds is 6. The lowest BCUT2D eigenvalue weighted by Crippen LogP contribution is -2.44. The van der Waals surface area contributed by atoms with E-state index >= 15 is 0 Å². The molecule has 0 atom stereocenters. The van der Waals surface area contributed by atoms with Crippen LogP contribution in [-0.4, -0.2) is 56.7 Å². The number of amides is 1. The summed E-state index contributed by atoms with van der Waals surface area (Å²) in [6.07, 6.45) is 3.07. The number of hydrogen-bond donors (Lipinski definition) is 2. The third-order valence-corrected chi connectivity index (χ3v) is 4.67. The number of guanidine groups is 1. The number of nitrogens with one attached hydrogen (secondary N) is 2. The quantitative estimate of drug-likeness (QED) is 0.364. The number of methoxy groups -OCH3 is 2. The molecule has 0 spiro atoms. The minimum Gasteiger partial charge on any atom is -0.493 e. The number of nitrogens with zero attached hydrogens (tertiary/aromatic N) is 2. The van der Waals surface area contributed by atoms with Gasteiger partial charge in [0.25, 0.3) is 0 Å². The van der Waals surface area contributed by atoms with Crippen molar-refractivity contribution in [2.75, 3.05) is 33.9 Å².